The number of alkyl halides is 3. The second-order valence-electron chi connectivity index (χ2n) is 7.36. The normalized spacial score (nSPS) is 16.2. The molecule has 178 valence electrons. The summed E-state index contributed by atoms with van der Waals surface area (Å²) in [6.45, 7) is 4.44. The van der Waals surface area contributed by atoms with Gasteiger partial charge >= 0.3 is 12.1 Å². The van der Waals surface area contributed by atoms with E-state index in [1.54, 1.807) is 6.20 Å². The predicted molar refractivity (Wildman–Crippen MR) is 113 cm³/mol. The largest absolute Gasteiger partial charge is 0.494 e. The number of aromatic nitrogens is 4. The molecule has 33 heavy (non-hydrogen) atoms. The Morgan fingerprint density at radius 3 is 2.70 bits per heavy atom. The summed E-state index contributed by atoms with van der Waals surface area (Å²) in [6, 6.07) is 8.08. The number of para-hydroxylation sites is 1. The third kappa shape index (κ3) is 6.09. The van der Waals surface area contributed by atoms with Gasteiger partial charge in [-0.05, 0) is 32.4 Å². The molecule has 0 radical (unpaired) electrons. The molecule has 0 amide bonds. The summed E-state index contributed by atoms with van der Waals surface area (Å²) in [7, 11) is 0. The zero-order chi connectivity index (χ0) is 24.0. The molecule has 3 aromatic rings. The lowest BCUT2D eigenvalue weighted by molar-refractivity contribution is -0.192. The zero-order valence-corrected chi connectivity index (χ0v) is 17.9. The molecule has 9 nitrogen and oxygen atoms in total. The maximum atomic E-state index is 12.5. The molecule has 1 fully saturated rings. The highest BCUT2D eigenvalue weighted by atomic mass is 19.4. The molecular weight excluding hydrogens is 443 g/mol. The first-order valence-electron chi connectivity index (χ1n) is 10.4. The highest BCUT2D eigenvalue weighted by Crippen LogP contribution is 2.22. The predicted octanol–water partition coefficient (Wildman–Crippen LogP) is 2.67. The van der Waals surface area contributed by atoms with Crippen molar-refractivity contribution in [3.63, 3.8) is 0 Å². The minimum Gasteiger partial charge on any atom is -0.494 e. The molecule has 12 heteroatoms. The molecule has 1 unspecified atom stereocenters. The number of benzene rings is 1. The highest BCUT2D eigenvalue weighted by Gasteiger charge is 2.38. The van der Waals surface area contributed by atoms with Crippen molar-refractivity contribution in [2.24, 2.45) is 0 Å². The third-order valence-electron chi connectivity index (χ3n) is 5.00. The van der Waals surface area contributed by atoms with Gasteiger partial charge in [-0.1, -0.05) is 18.2 Å². The zero-order valence-electron chi connectivity index (χ0n) is 17.9. The number of carboxylic acid groups (broad SMARTS) is 1. The van der Waals surface area contributed by atoms with Crippen LogP contribution in [-0.2, 0) is 11.2 Å². The standard InChI is InChI=1S/C19H23N5O2.C2HF3O2/c1-2-26-16-8-4-3-6-13(16)10-17-22-18-15(19(25)23-17)12-21-24(18)14-7-5-9-20-11-14;3-2(4,5)1(6)7/h3-4,6,8,12,14,20H,2,5,7,9-11H2,1H3,(H,22,23,25);(H,6,7). The van der Waals surface area contributed by atoms with E-state index in [1.165, 1.54) is 0 Å². The monoisotopic (exact) mass is 467 g/mol. The first-order valence-corrected chi connectivity index (χ1v) is 10.4. The minimum atomic E-state index is -5.08. The van der Waals surface area contributed by atoms with Gasteiger partial charge in [-0.15, -0.1) is 0 Å². The average molecular weight is 467 g/mol. The Morgan fingerprint density at radius 2 is 2.06 bits per heavy atom. The smallest absolute Gasteiger partial charge is 0.490 e. The molecule has 1 saturated heterocycles. The number of aromatic amines is 1. The summed E-state index contributed by atoms with van der Waals surface area (Å²) in [5, 5.41) is 15.5. The number of hydrogen-bond donors (Lipinski definition) is 3. The van der Waals surface area contributed by atoms with Crippen molar-refractivity contribution >= 4 is 17.0 Å². The number of hydrogen-bond acceptors (Lipinski definition) is 6. The second kappa shape index (κ2) is 10.5. The van der Waals surface area contributed by atoms with Crippen LogP contribution >= 0.6 is 0 Å². The molecule has 0 spiro atoms. The quantitative estimate of drug-likeness (QED) is 0.527. The Bertz CT molecular complexity index is 1150. The van der Waals surface area contributed by atoms with E-state index in [9.17, 15) is 18.0 Å². The minimum absolute atomic E-state index is 0.145. The van der Waals surface area contributed by atoms with Crippen molar-refractivity contribution in [2.75, 3.05) is 19.7 Å². The van der Waals surface area contributed by atoms with Crippen molar-refractivity contribution in [1.82, 2.24) is 25.1 Å². The van der Waals surface area contributed by atoms with Crippen LogP contribution in [0.4, 0.5) is 13.2 Å². The number of nitrogens with zero attached hydrogens (tertiary/aromatic N) is 3. The van der Waals surface area contributed by atoms with Gasteiger partial charge in [0.25, 0.3) is 5.56 Å². The number of nitrogens with one attached hydrogen (secondary N) is 2. The molecule has 0 aliphatic carbocycles. The van der Waals surface area contributed by atoms with Crippen LogP contribution in [0.5, 0.6) is 5.75 Å². The van der Waals surface area contributed by atoms with E-state index in [4.69, 9.17) is 19.6 Å². The Morgan fingerprint density at radius 1 is 1.33 bits per heavy atom. The molecule has 1 aromatic carbocycles. The molecule has 0 saturated carbocycles. The lowest BCUT2D eigenvalue weighted by atomic mass is 10.1. The van der Waals surface area contributed by atoms with Crippen molar-refractivity contribution in [3.8, 4) is 5.75 Å². The molecule has 3 N–H and O–H groups in total. The van der Waals surface area contributed by atoms with Crippen molar-refractivity contribution in [2.45, 2.75) is 38.4 Å². The van der Waals surface area contributed by atoms with E-state index in [2.05, 4.69) is 15.4 Å². The van der Waals surface area contributed by atoms with Gasteiger partial charge in [-0.2, -0.15) is 18.3 Å². The Hall–Kier alpha value is -3.41. The molecule has 1 aliphatic heterocycles. The second-order valence-corrected chi connectivity index (χ2v) is 7.36. The number of H-pyrrole nitrogens is 1. The van der Waals surface area contributed by atoms with E-state index in [1.807, 2.05) is 35.9 Å². The summed E-state index contributed by atoms with van der Waals surface area (Å²) < 4.78 is 39.3. The number of rotatable bonds is 5. The van der Waals surface area contributed by atoms with Gasteiger partial charge in [0.05, 0.1) is 18.8 Å². The van der Waals surface area contributed by atoms with Crippen molar-refractivity contribution in [1.29, 1.82) is 0 Å². The number of piperidine rings is 1. The Kier molecular flexibility index (Phi) is 7.69. The van der Waals surface area contributed by atoms with Crippen LogP contribution in [0.15, 0.2) is 35.3 Å². The van der Waals surface area contributed by atoms with Gasteiger partial charge in [-0.3, -0.25) is 4.79 Å². The SMILES string of the molecule is CCOc1ccccc1Cc1nc2c(cnn2C2CCCNC2)c(=O)[nH]1.O=C(O)C(F)(F)F. The van der Waals surface area contributed by atoms with E-state index in [0.717, 1.165) is 37.2 Å². The maximum absolute atomic E-state index is 12.5. The first-order chi connectivity index (χ1) is 15.7. The van der Waals surface area contributed by atoms with Gasteiger partial charge in [0, 0.05) is 18.5 Å². The number of carbonyl (C=O) groups is 1. The number of aliphatic carboxylic acids is 1. The fourth-order valence-corrected chi connectivity index (χ4v) is 3.50. The molecular formula is C21H24F3N5O4. The summed E-state index contributed by atoms with van der Waals surface area (Å²) in [5.41, 5.74) is 1.52. The number of halogens is 3. The van der Waals surface area contributed by atoms with E-state index in [0.29, 0.717) is 29.9 Å². The first kappa shape index (κ1) is 24.2. The summed E-state index contributed by atoms with van der Waals surface area (Å²) >= 11 is 0. The fraction of sp³-hybridized carbons (Fsp3) is 0.429. The molecule has 1 aliphatic rings. The Balaban J connectivity index is 0.000000383. The van der Waals surface area contributed by atoms with E-state index in [-0.39, 0.29) is 11.6 Å². The fourth-order valence-electron chi connectivity index (χ4n) is 3.50. The van der Waals surface area contributed by atoms with Gasteiger partial charge < -0.3 is 20.1 Å². The average Bonchev–Trinajstić information content (AvgIpc) is 3.20. The van der Waals surface area contributed by atoms with Crippen LogP contribution in [0, 0.1) is 0 Å². The van der Waals surface area contributed by atoms with Crippen LogP contribution in [0.2, 0.25) is 0 Å². The van der Waals surface area contributed by atoms with Gasteiger partial charge in [0.1, 0.15) is 17.0 Å². The Labute approximate surface area is 186 Å². The van der Waals surface area contributed by atoms with Crippen LogP contribution in [0.1, 0.15) is 37.2 Å². The van der Waals surface area contributed by atoms with Crippen LogP contribution < -0.4 is 15.6 Å². The van der Waals surface area contributed by atoms with Crippen molar-refractivity contribution in [3.05, 3.63) is 52.2 Å². The summed E-state index contributed by atoms with van der Waals surface area (Å²) in [4.78, 5) is 29.0. The molecule has 3 heterocycles. The molecule has 0 bridgehead atoms. The van der Waals surface area contributed by atoms with Gasteiger partial charge in [-0.25, -0.2) is 14.5 Å². The van der Waals surface area contributed by atoms with Gasteiger partial charge in [0.15, 0.2) is 5.65 Å². The summed E-state index contributed by atoms with van der Waals surface area (Å²) in [5.74, 6) is -1.31. The topological polar surface area (TPSA) is 122 Å². The van der Waals surface area contributed by atoms with E-state index >= 15 is 0 Å². The van der Waals surface area contributed by atoms with Crippen LogP contribution in [0.3, 0.4) is 0 Å². The van der Waals surface area contributed by atoms with Gasteiger partial charge in [0.2, 0.25) is 0 Å². The number of carboxylic acids is 1. The van der Waals surface area contributed by atoms with E-state index < -0.39 is 12.1 Å². The van der Waals surface area contributed by atoms with Crippen LogP contribution in [0.25, 0.3) is 11.0 Å². The van der Waals surface area contributed by atoms with Crippen molar-refractivity contribution < 1.29 is 27.8 Å². The molecule has 1 atom stereocenters. The highest BCUT2D eigenvalue weighted by molar-refractivity contribution is 5.73. The number of ether oxygens (including phenoxy) is 1. The molecule has 2 aromatic heterocycles. The molecule has 4 rings (SSSR count). The summed E-state index contributed by atoms with van der Waals surface area (Å²) in [6.07, 6.45) is -0.812. The lowest BCUT2D eigenvalue weighted by Crippen LogP contribution is -2.32. The third-order valence-corrected chi connectivity index (χ3v) is 5.00. The number of fused-ring (bicyclic) bond motifs is 1. The van der Waals surface area contributed by atoms with Crippen LogP contribution in [-0.4, -0.2) is 56.7 Å². The lowest BCUT2D eigenvalue weighted by Gasteiger charge is -2.23. The maximum Gasteiger partial charge on any atom is 0.490 e.